The summed E-state index contributed by atoms with van der Waals surface area (Å²) >= 11 is 0. The van der Waals surface area contributed by atoms with Crippen molar-refractivity contribution in [2.24, 2.45) is 0 Å². The number of hydrogen-bond acceptors (Lipinski definition) is 6. The van der Waals surface area contributed by atoms with Crippen molar-refractivity contribution < 1.29 is 14.3 Å². The van der Waals surface area contributed by atoms with Gasteiger partial charge in [0.25, 0.3) is 0 Å². The molecule has 196 valence electrons. The molecule has 0 unspecified atom stereocenters. The molecule has 2 aromatic heterocycles. The number of likely N-dealkylation sites (tertiary alicyclic amines) is 1. The summed E-state index contributed by atoms with van der Waals surface area (Å²) in [6, 6.07) is 12.3. The minimum atomic E-state index is -0.544. The molecule has 0 bridgehead atoms. The number of nitrogens with two attached hydrogens (primary N) is 1. The molecule has 1 atom stereocenters. The molecule has 2 N–H and O–H groups in total. The van der Waals surface area contributed by atoms with Gasteiger partial charge in [0, 0.05) is 43.3 Å². The topological polar surface area (TPSA) is 90.6 Å². The van der Waals surface area contributed by atoms with Gasteiger partial charge in [0.05, 0.1) is 6.04 Å². The lowest BCUT2D eigenvalue weighted by Crippen LogP contribution is -2.36. The Balaban J connectivity index is 1.56. The zero-order chi connectivity index (χ0) is 26.9. The van der Waals surface area contributed by atoms with Gasteiger partial charge in [-0.1, -0.05) is 12.1 Å². The fraction of sp³-hybridized carbons (Fsp3) is 0.433. The van der Waals surface area contributed by atoms with Gasteiger partial charge in [0.15, 0.2) is 0 Å². The Morgan fingerprint density at radius 3 is 2.55 bits per heavy atom. The van der Waals surface area contributed by atoms with Crippen molar-refractivity contribution in [3.63, 3.8) is 0 Å². The van der Waals surface area contributed by atoms with Crippen LogP contribution in [-0.4, -0.2) is 54.2 Å². The smallest absolute Gasteiger partial charge is 0.410 e. The van der Waals surface area contributed by atoms with Gasteiger partial charge in [0.2, 0.25) is 0 Å². The lowest BCUT2D eigenvalue weighted by molar-refractivity contribution is 0.0222. The van der Waals surface area contributed by atoms with E-state index in [0.29, 0.717) is 23.9 Å². The Bertz CT molecular complexity index is 1320. The van der Waals surface area contributed by atoms with Gasteiger partial charge in [0.1, 0.15) is 19.3 Å². The van der Waals surface area contributed by atoms with E-state index in [1.165, 1.54) is 11.1 Å². The molecule has 0 aliphatic carbocycles. The molecule has 0 spiro atoms. The van der Waals surface area contributed by atoms with E-state index in [0.717, 1.165) is 61.2 Å². The number of rotatable bonds is 4. The summed E-state index contributed by atoms with van der Waals surface area (Å²) in [5.74, 6) is 0.832. The largest absolute Gasteiger partial charge is 0.444 e. The lowest BCUT2D eigenvalue weighted by Gasteiger charge is -2.32. The first kappa shape index (κ1) is 26.2. The van der Waals surface area contributed by atoms with E-state index in [2.05, 4.69) is 28.2 Å². The number of nitrogens with zero attached hydrogens (tertiary/aromatic N) is 3. The van der Waals surface area contributed by atoms with Crippen LogP contribution in [0.25, 0.3) is 22.3 Å². The summed E-state index contributed by atoms with van der Waals surface area (Å²) in [7, 11) is 5.92. The summed E-state index contributed by atoms with van der Waals surface area (Å²) in [6.45, 7) is 7.93. The van der Waals surface area contributed by atoms with E-state index in [1.54, 1.807) is 18.5 Å². The van der Waals surface area contributed by atoms with Gasteiger partial charge in [-0.25, -0.2) is 9.78 Å². The minimum Gasteiger partial charge on any atom is -0.444 e. The number of nitrogen functional groups attached to an aromatic ring is 1. The van der Waals surface area contributed by atoms with Crippen molar-refractivity contribution in [3.8, 4) is 22.3 Å². The predicted molar refractivity (Wildman–Crippen MR) is 150 cm³/mol. The lowest BCUT2D eigenvalue weighted by atomic mass is 9.83. The maximum Gasteiger partial charge on any atom is 0.410 e. The molecular weight excluding hydrogens is 475 g/mol. The van der Waals surface area contributed by atoms with Crippen molar-refractivity contribution in [1.82, 2.24) is 14.9 Å². The average molecular weight is 510 g/mol. The predicted octanol–water partition coefficient (Wildman–Crippen LogP) is 5.15. The summed E-state index contributed by atoms with van der Waals surface area (Å²) in [5.41, 5.74) is 12.3. The van der Waals surface area contributed by atoms with Gasteiger partial charge < -0.3 is 20.1 Å². The molecule has 38 heavy (non-hydrogen) atoms. The number of ether oxygens (including phenoxy) is 2. The van der Waals surface area contributed by atoms with Gasteiger partial charge >= 0.3 is 6.09 Å². The Morgan fingerprint density at radius 2 is 1.82 bits per heavy atom. The van der Waals surface area contributed by atoms with Gasteiger partial charge in [-0.3, -0.25) is 4.98 Å². The van der Waals surface area contributed by atoms with Gasteiger partial charge in [-0.05, 0) is 104 Å². The maximum atomic E-state index is 13.2. The zero-order valence-electron chi connectivity index (χ0n) is 22.4. The summed E-state index contributed by atoms with van der Waals surface area (Å²) in [4.78, 5) is 23.7. The highest BCUT2D eigenvalue weighted by Gasteiger charge is 2.35. The number of hydrogen-bond donors (Lipinski definition) is 1. The van der Waals surface area contributed by atoms with Gasteiger partial charge in [-0.15, -0.1) is 0 Å². The van der Waals surface area contributed by atoms with E-state index in [9.17, 15) is 4.79 Å². The van der Waals surface area contributed by atoms with Crippen LogP contribution in [0, 0.1) is 0 Å². The minimum absolute atomic E-state index is 0.0381. The van der Waals surface area contributed by atoms with E-state index >= 15 is 0 Å². The third-order valence-corrected chi connectivity index (χ3v) is 7.33. The van der Waals surface area contributed by atoms with Crippen molar-refractivity contribution in [2.45, 2.75) is 64.0 Å². The molecule has 2 aliphatic heterocycles. The number of pyridine rings is 2. The second kappa shape index (κ2) is 10.8. The molecule has 3 aromatic rings. The molecule has 2 fully saturated rings. The van der Waals surface area contributed by atoms with Crippen molar-refractivity contribution in [3.05, 3.63) is 59.9 Å². The molecule has 2 aliphatic rings. The molecule has 0 saturated carbocycles. The van der Waals surface area contributed by atoms with Crippen LogP contribution in [0.1, 0.15) is 69.5 Å². The average Bonchev–Trinajstić information content (AvgIpc) is 3.38. The molecule has 4 heterocycles. The first-order valence-corrected chi connectivity index (χ1v) is 13.4. The molecule has 2 saturated heterocycles. The van der Waals surface area contributed by atoms with E-state index in [4.69, 9.17) is 23.1 Å². The van der Waals surface area contributed by atoms with Crippen LogP contribution >= 0.6 is 0 Å². The fourth-order valence-electron chi connectivity index (χ4n) is 5.53. The zero-order valence-corrected chi connectivity index (χ0v) is 22.4. The van der Waals surface area contributed by atoms with Crippen LogP contribution in [0.5, 0.6) is 0 Å². The van der Waals surface area contributed by atoms with Crippen LogP contribution in [0.2, 0.25) is 0 Å². The SMILES string of the molecule is [B]c1cc(-c2cc(-c3ccc(C4CCOCC4)c([C@@H]4CCCN4C(=O)OC(C)(C)C)c3)cnc2N)ccn1. The Labute approximate surface area is 226 Å². The number of carbonyl (C=O) groups excluding carboxylic acids is 1. The molecule has 1 amide bonds. The highest BCUT2D eigenvalue weighted by molar-refractivity contribution is 6.30. The van der Waals surface area contributed by atoms with E-state index in [-0.39, 0.29) is 12.1 Å². The van der Waals surface area contributed by atoms with Crippen molar-refractivity contribution in [1.29, 1.82) is 0 Å². The van der Waals surface area contributed by atoms with Gasteiger partial charge in [-0.2, -0.15) is 0 Å². The van der Waals surface area contributed by atoms with Crippen molar-refractivity contribution >= 4 is 25.4 Å². The summed E-state index contributed by atoms with van der Waals surface area (Å²) in [5, 5.41) is 0. The van der Waals surface area contributed by atoms with E-state index in [1.807, 2.05) is 37.8 Å². The maximum absolute atomic E-state index is 13.2. The summed E-state index contributed by atoms with van der Waals surface area (Å²) in [6.07, 6.45) is 7.01. The molecule has 7 nitrogen and oxygen atoms in total. The number of amides is 1. The number of anilines is 1. The number of benzene rings is 1. The Morgan fingerprint density at radius 1 is 1.03 bits per heavy atom. The molecule has 1 aromatic carbocycles. The highest BCUT2D eigenvalue weighted by atomic mass is 16.6. The number of carbonyl (C=O) groups is 1. The standard InChI is InChI=1S/C30H35BN4O3/c1-30(2,3)38-29(36)35-12-4-5-26(35)25-15-20(6-7-23(25)19-9-13-37-14-10-19)22-16-24(28(32)34-18-22)21-8-11-33-27(31)17-21/h6-8,11,15-19,26H,4-5,9-10,12-14H2,1-3H3,(H2,32,34)/t26-/m0/s1. The second-order valence-corrected chi connectivity index (χ2v) is 11.2. The Kier molecular flexibility index (Phi) is 7.44. The normalized spacial score (nSPS) is 18.5. The third-order valence-electron chi connectivity index (χ3n) is 7.33. The van der Waals surface area contributed by atoms with Crippen LogP contribution in [0.4, 0.5) is 10.6 Å². The molecular formula is C30H35BN4O3. The van der Waals surface area contributed by atoms with Crippen molar-refractivity contribution in [2.75, 3.05) is 25.5 Å². The fourth-order valence-corrected chi connectivity index (χ4v) is 5.53. The third kappa shape index (κ3) is 5.70. The summed E-state index contributed by atoms with van der Waals surface area (Å²) < 4.78 is 11.4. The highest BCUT2D eigenvalue weighted by Crippen LogP contribution is 2.42. The first-order chi connectivity index (χ1) is 18.2. The second-order valence-electron chi connectivity index (χ2n) is 11.2. The van der Waals surface area contributed by atoms with Crippen LogP contribution in [0.15, 0.2) is 48.8 Å². The molecule has 8 heteroatoms. The van der Waals surface area contributed by atoms with Crippen LogP contribution in [0.3, 0.4) is 0 Å². The quantitative estimate of drug-likeness (QED) is 0.488. The monoisotopic (exact) mass is 510 g/mol. The molecule has 5 rings (SSSR count). The first-order valence-electron chi connectivity index (χ1n) is 13.4. The number of aromatic nitrogens is 2. The molecule has 2 radical (unpaired) electrons. The van der Waals surface area contributed by atoms with Crippen LogP contribution < -0.4 is 11.3 Å². The van der Waals surface area contributed by atoms with Crippen LogP contribution in [-0.2, 0) is 9.47 Å². The van der Waals surface area contributed by atoms with E-state index < -0.39 is 5.60 Å². The Hall–Kier alpha value is -3.39.